The predicted octanol–water partition coefficient (Wildman–Crippen LogP) is 3.34. The SMILES string of the molecule is CC(C)(C)CC(NN)c1sccc1Cl. The second-order valence-corrected chi connectivity index (χ2v) is 5.97. The van der Waals surface area contributed by atoms with Crippen LogP contribution in [0.15, 0.2) is 11.4 Å². The smallest absolute Gasteiger partial charge is 0.0573 e. The van der Waals surface area contributed by atoms with Gasteiger partial charge in [0.15, 0.2) is 0 Å². The molecule has 0 aliphatic heterocycles. The zero-order valence-corrected chi connectivity index (χ0v) is 10.4. The van der Waals surface area contributed by atoms with Crippen molar-refractivity contribution in [2.24, 2.45) is 11.3 Å². The van der Waals surface area contributed by atoms with E-state index in [2.05, 4.69) is 26.2 Å². The number of thiophene rings is 1. The molecule has 0 spiro atoms. The summed E-state index contributed by atoms with van der Waals surface area (Å²) in [6.45, 7) is 6.58. The van der Waals surface area contributed by atoms with Crippen molar-refractivity contribution in [1.29, 1.82) is 0 Å². The van der Waals surface area contributed by atoms with Crippen LogP contribution >= 0.6 is 22.9 Å². The summed E-state index contributed by atoms with van der Waals surface area (Å²) >= 11 is 7.71. The van der Waals surface area contributed by atoms with E-state index in [1.165, 1.54) is 0 Å². The third-order valence-electron chi connectivity index (χ3n) is 1.98. The van der Waals surface area contributed by atoms with Gasteiger partial charge in [0.05, 0.1) is 11.1 Å². The Labute approximate surface area is 94.4 Å². The van der Waals surface area contributed by atoms with Crippen molar-refractivity contribution in [3.63, 3.8) is 0 Å². The molecule has 14 heavy (non-hydrogen) atoms. The van der Waals surface area contributed by atoms with Gasteiger partial charge < -0.3 is 0 Å². The zero-order valence-electron chi connectivity index (χ0n) is 8.80. The molecule has 0 fully saturated rings. The van der Waals surface area contributed by atoms with Crippen LogP contribution in [-0.2, 0) is 0 Å². The van der Waals surface area contributed by atoms with Gasteiger partial charge >= 0.3 is 0 Å². The second-order valence-electron chi connectivity index (χ2n) is 4.62. The first-order valence-electron chi connectivity index (χ1n) is 4.63. The van der Waals surface area contributed by atoms with Gasteiger partial charge in [-0.2, -0.15) is 0 Å². The average molecular weight is 233 g/mol. The van der Waals surface area contributed by atoms with E-state index in [1.807, 2.05) is 11.4 Å². The highest BCUT2D eigenvalue weighted by molar-refractivity contribution is 7.10. The molecule has 1 unspecified atom stereocenters. The Morgan fingerprint density at radius 1 is 1.57 bits per heavy atom. The molecule has 0 aliphatic rings. The summed E-state index contributed by atoms with van der Waals surface area (Å²) in [7, 11) is 0. The molecule has 0 aromatic carbocycles. The fourth-order valence-electron chi connectivity index (χ4n) is 1.39. The van der Waals surface area contributed by atoms with Crippen LogP contribution < -0.4 is 11.3 Å². The lowest BCUT2D eigenvalue weighted by Gasteiger charge is -2.24. The number of halogens is 1. The van der Waals surface area contributed by atoms with Crippen LogP contribution in [0.3, 0.4) is 0 Å². The maximum absolute atomic E-state index is 6.06. The molecule has 0 amide bonds. The molecule has 4 heteroatoms. The fourth-order valence-corrected chi connectivity index (χ4v) is 2.64. The Morgan fingerprint density at radius 2 is 2.21 bits per heavy atom. The highest BCUT2D eigenvalue weighted by atomic mass is 35.5. The van der Waals surface area contributed by atoms with Crippen molar-refractivity contribution in [2.75, 3.05) is 0 Å². The largest absolute Gasteiger partial charge is 0.271 e. The van der Waals surface area contributed by atoms with E-state index in [0.29, 0.717) is 0 Å². The third kappa shape index (κ3) is 3.24. The van der Waals surface area contributed by atoms with E-state index in [9.17, 15) is 0 Å². The van der Waals surface area contributed by atoms with E-state index in [0.717, 1.165) is 16.3 Å². The van der Waals surface area contributed by atoms with Gasteiger partial charge in [-0.15, -0.1) is 11.3 Å². The molecule has 0 aliphatic carbocycles. The lowest BCUT2D eigenvalue weighted by molar-refractivity contribution is 0.316. The maximum atomic E-state index is 6.06. The monoisotopic (exact) mass is 232 g/mol. The number of rotatable bonds is 3. The van der Waals surface area contributed by atoms with E-state index in [4.69, 9.17) is 17.4 Å². The molecule has 2 nitrogen and oxygen atoms in total. The van der Waals surface area contributed by atoms with Crippen LogP contribution in [0.25, 0.3) is 0 Å². The minimum absolute atomic E-state index is 0.155. The molecule has 1 aromatic rings. The molecule has 0 bridgehead atoms. The Balaban J connectivity index is 2.78. The van der Waals surface area contributed by atoms with Crippen molar-refractivity contribution in [1.82, 2.24) is 5.43 Å². The number of hydrazine groups is 1. The van der Waals surface area contributed by atoms with Gasteiger partial charge in [-0.25, -0.2) is 0 Å². The number of nitrogens with two attached hydrogens (primary N) is 1. The standard InChI is InChI=1S/C10H17ClN2S/c1-10(2,3)6-8(13-12)9-7(11)4-5-14-9/h4-5,8,13H,6,12H2,1-3H3. The van der Waals surface area contributed by atoms with Crippen molar-refractivity contribution in [2.45, 2.75) is 33.2 Å². The minimum atomic E-state index is 0.155. The molecule has 80 valence electrons. The van der Waals surface area contributed by atoms with Crippen LogP contribution in [-0.4, -0.2) is 0 Å². The van der Waals surface area contributed by atoms with Crippen LogP contribution in [0.1, 0.15) is 38.1 Å². The molecular weight excluding hydrogens is 216 g/mol. The Bertz CT molecular complexity index is 291. The van der Waals surface area contributed by atoms with Crippen LogP contribution in [0.5, 0.6) is 0 Å². The van der Waals surface area contributed by atoms with Crippen LogP contribution in [0.2, 0.25) is 5.02 Å². The van der Waals surface area contributed by atoms with E-state index >= 15 is 0 Å². The van der Waals surface area contributed by atoms with Gasteiger partial charge in [-0.3, -0.25) is 11.3 Å². The number of hydrogen-bond acceptors (Lipinski definition) is 3. The molecule has 1 heterocycles. The van der Waals surface area contributed by atoms with Gasteiger partial charge in [0.1, 0.15) is 0 Å². The van der Waals surface area contributed by atoms with Gasteiger partial charge in [-0.05, 0) is 23.3 Å². The summed E-state index contributed by atoms with van der Waals surface area (Å²) in [5, 5.41) is 2.80. The molecule has 0 radical (unpaired) electrons. The van der Waals surface area contributed by atoms with Crippen LogP contribution in [0.4, 0.5) is 0 Å². The fraction of sp³-hybridized carbons (Fsp3) is 0.600. The van der Waals surface area contributed by atoms with E-state index in [1.54, 1.807) is 11.3 Å². The van der Waals surface area contributed by atoms with Crippen molar-refractivity contribution >= 4 is 22.9 Å². The second kappa shape index (κ2) is 4.62. The predicted molar refractivity (Wildman–Crippen MR) is 63.5 cm³/mol. The van der Waals surface area contributed by atoms with Crippen molar-refractivity contribution in [3.8, 4) is 0 Å². The molecule has 0 saturated carbocycles. The first-order chi connectivity index (χ1) is 6.44. The summed E-state index contributed by atoms with van der Waals surface area (Å²) in [5.74, 6) is 5.54. The summed E-state index contributed by atoms with van der Waals surface area (Å²) in [4.78, 5) is 1.13. The summed E-state index contributed by atoms with van der Waals surface area (Å²) < 4.78 is 0. The quantitative estimate of drug-likeness (QED) is 0.620. The van der Waals surface area contributed by atoms with Gasteiger partial charge in [-0.1, -0.05) is 32.4 Å². The van der Waals surface area contributed by atoms with Crippen molar-refractivity contribution in [3.05, 3.63) is 21.3 Å². The zero-order chi connectivity index (χ0) is 10.8. The highest BCUT2D eigenvalue weighted by Crippen LogP contribution is 2.35. The van der Waals surface area contributed by atoms with Crippen LogP contribution in [0, 0.1) is 5.41 Å². The topological polar surface area (TPSA) is 38.0 Å². The Hall–Kier alpha value is -0.0900. The Kier molecular flexibility index (Phi) is 3.95. The third-order valence-corrected chi connectivity index (χ3v) is 3.45. The van der Waals surface area contributed by atoms with E-state index < -0.39 is 0 Å². The summed E-state index contributed by atoms with van der Waals surface area (Å²) in [6, 6.07) is 2.07. The van der Waals surface area contributed by atoms with Gasteiger partial charge in [0.25, 0.3) is 0 Å². The number of nitrogens with one attached hydrogen (secondary N) is 1. The molecule has 1 rings (SSSR count). The molecular formula is C10H17ClN2S. The first-order valence-corrected chi connectivity index (χ1v) is 5.89. The summed E-state index contributed by atoms with van der Waals surface area (Å²) in [5.41, 5.74) is 3.07. The minimum Gasteiger partial charge on any atom is -0.271 e. The maximum Gasteiger partial charge on any atom is 0.0573 e. The van der Waals surface area contributed by atoms with Crippen molar-refractivity contribution < 1.29 is 0 Å². The highest BCUT2D eigenvalue weighted by Gasteiger charge is 2.21. The molecule has 0 saturated heterocycles. The lowest BCUT2D eigenvalue weighted by atomic mass is 9.88. The Morgan fingerprint density at radius 3 is 2.57 bits per heavy atom. The molecule has 1 aromatic heterocycles. The lowest BCUT2D eigenvalue weighted by Crippen LogP contribution is -2.30. The van der Waals surface area contributed by atoms with Gasteiger partial charge in [0, 0.05) is 4.88 Å². The normalized spacial score (nSPS) is 14.4. The summed E-state index contributed by atoms with van der Waals surface area (Å²) in [6.07, 6.45) is 0.976. The average Bonchev–Trinajstić information content (AvgIpc) is 2.45. The first kappa shape index (κ1) is 12.0. The molecule has 3 N–H and O–H groups in total. The van der Waals surface area contributed by atoms with Gasteiger partial charge in [0.2, 0.25) is 0 Å². The molecule has 1 atom stereocenters. The van der Waals surface area contributed by atoms with E-state index in [-0.39, 0.29) is 11.5 Å². The number of hydrogen-bond donors (Lipinski definition) is 2.